The van der Waals surface area contributed by atoms with Crippen molar-refractivity contribution in [2.24, 2.45) is 0 Å². The molecule has 0 atom stereocenters. The minimum absolute atomic E-state index is 0.0426. The van der Waals surface area contributed by atoms with Gasteiger partial charge in [-0.3, -0.25) is 4.79 Å². The van der Waals surface area contributed by atoms with Gasteiger partial charge in [0.25, 0.3) is 0 Å². The number of hydrogen-bond acceptors (Lipinski definition) is 6. The average Bonchev–Trinajstić information content (AvgIpc) is 2.91. The van der Waals surface area contributed by atoms with Gasteiger partial charge in [-0.25, -0.2) is 9.59 Å². The predicted octanol–water partition coefficient (Wildman–Crippen LogP) is 6.57. The Bertz CT molecular complexity index is 1340. The van der Waals surface area contributed by atoms with Crippen LogP contribution >= 0.6 is 0 Å². The summed E-state index contributed by atoms with van der Waals surface area (Å²) in [5.74, 6) is 0.620. The molecule has 2 amide bonds. The van der Waals surface area contributed by atoms with E-state index >= 15 is 0 Å². The third-order valence-corrected chi connectivity index (χ3v) is 6.48. The normalized spacial score (nSPS) is 16.8. The van der Waals surface area contributed by atoms with E-state index in [1.165, 1.54) is 6.07 Å². The fourth-order valence-corrected chi connectivity index (χ4v) is 4.55. The molecule has 0 aliphatic heterocycles. The van der Waals surface area contributed by atoms with Crippen molar-refractivity contribution in [2.45, 2.75) is 70.6 Å². The zero-order valence-corrected chi connectivity index (χ0v) is 23.5. The Labute approximate surface area is 239 Å². The van der Waals surface area contributed by atoms with Crippen LogP contribution < -0.4 is 20.1 Å². The van der Waals surface area contributed by atoms with Crippen molar-refractivity contribution in [1.29, 1.82) is 0 Å². The Balaban J connectivity index is 1.21. The number of ether oxygens (including phenoxy) is 3. The minimum atomic E-state index is -1.10. The highest BCUT2D eigenvalue weighted by Gasteiger charge is 2.25. The molecule has 0 heterocycles. The van der Waals surface area contributed by atoms with E-state index in [-0.39, 0.29) is 41.8 Å². The first kappa shape index (κ1) is 29.5. The molecule has 4 rings (SSSR count). The van der Waals surface area contributed by atoms with Gasteiger partial charge in [-0.15, -0.1) is 0 Å². The number of para-hydroxylation sites is 1. The molecule has 41 heavy (non-hydrogen) atoms. The number of carboxylic acids is 1. The van der Waals surface area contributed by atoms with Gasteiger partial charge in [0.2, 0.25) is 5.91 Å². The average molecular weight is 561 g/mol. The highest BCUT2D eigenvalue weighted by molar-refractivity contribution is 6.01. The molecule has 0 saturated heterocycles. The number of rotatable bonds is 9. The smallest absolute Gasteiger partial charge is 0.407 e. The molecule has 3 aromatic carbocycles. The lowest BCUT2D eigenvalue weighted by Crippen LogP contribution is -2.42. The summed E-state index contributed by atoms with van der Waals surface area (Å²) in [4.78, 5) is 35.8. The summed E-state index contributed by atoms with van der Waals surface area (Å²) in [6.07, 6.45) is 3.15. The first-order valence-electron chi connectivity index (χ1n) is 13.7. The Morgan fingerprint density at radius 3 is 2.02 bits per heavy atom. The molecule has 0 bridgehead atoms. The van der Waals surface area contributed by atoms with Gasteiger partial charge in [0.05, 0.1) is 23.8 Å². The second-order valence-corrected chi connectivity index (χ2v) is 11.0. The van der Waals surface area contributed by atoms with Gasteiger partial charge in [0.15, 0.2) is 0 Å². The van der Waals surface area contributed by atoms with Gasteiger partial charge in [0, 0.05) is 6.04 Å². The predicted molar refractivity (Wildman–Crippen MR) is 155 cm³/mol. The molecule has 0 aromatic heterocycles. The van der Waals surface area contributed by atoms with Gasteiger partial charge >= 0.3 is 12.1 Å². The van der Waals surface area contributed by atoms with Gasteiger partial charge in [-0.05, 0) is 101 Å². The van der Waals surface area contributed by atoms with Crippen molar-refractivity contribution in [1.82, 2.24) is 5.32 Å². The summed E-state index contributed by atoms with van der Waals surface area (Å²) >= 11 is 0. The maximum Gasteiger partial charge on any atom is 0.407 e. The summed E-state index contributed by atoms with van der Waals surface area (Å²) < 4.78 is 17.4. The van der Waals surface area contributed by atoms with Crippen molar-refractivity contribution in [3.63, 3.8) is 0 Å². The topological polar surface area (TPSA) is 123 Å². The molecule has 1 saturated carbocycles. The van der Waals surface area contributed by atoms with Crippen LogP contribution in [0.5, 0.6) is 17.2 Å². The third kappa shape index (κ3) is 9.27. The van der Waals surface area contributed by atoms with Crippen molar-refractivity contribution in [3.8, 4) is 17.2 Å². The monoisotopic (exact) mass is 560 g/mol. The second kappa shape index (κ2) is 13.2. The van der Waals surface area contributed by atoms with Crippen LogP contribution in [0.3, 0.4) is 0 Å². The quantitative estimate of drug-likeness (QED) is 0.270. The number of carbonyl (C=O) groups excluding carboxylic acids is 2. The lowest BCUT2D eigenvalue weighted by atomic mass is 9.93. The molecule has 0 unspecified atom stereocenters. The van der Waals surface area contributed by atoms with Crippen LogP contribution in [0.2, 0.25) is 0 Å². The fraction of sp³-hybridized carbons (Fsp3) is 0.344. The molecular formula is C32H36N2O7. The molecule has 1 aliphatic carbocycles. The summed E-state index contributed by atoms with van der Waals surface area (Å²) in [6.45, 7) is 5.55. The molecule has 216 valence electrons. The third-order valence-electron chi connectivity index (χ3n) is 6.48. The van der Waals surface area contributed by atoms with E-state index in [0.717, 1.165) is 37.0 Å². The van der Waals surface area contributed by atoms with E-state index in [9.17, 15) is 19.5 Å². The van der Waals surface area contributed by atoms with E-state index in [4.69, 9.17) is 14.2 Å². The first-order valence-corrected chi connectivity index (χ1v) is 13.7. The highest BCUT2D eigenvalue weighted by atomic mass is 16.6. The summed E-state index contributed by atoms with van der Waals surface area (Å²) in [7, 11) is 0. The van der Waals surface area contributed by atoms with E-state index in [0.29, 0.717) is 11.5 Å². The number of carboxylic acid groups (broad SMARTS) is 1. The molecule has 9 heteroatoms. The van der Waals surface area contributed by atoms with Crippen LogP contribution in [0, 0.1) is 0 Å². The van der Waals surface area contributed by atoms with Crippen molar-refractivity contribution < 1.29 is 33.7 Å². The number of alkyl carbamates (subject to hydrolysis) is 1. The molecule has 0 radical (unpaired) electrons. The van der Waals surface area contributed by atoms with Crippen LogP contribution in [-0.2, 0) is 16.0 Å². The first-order chi connectivity index (χ1) is 19.5. The minimum Gasteiger partial charge on any atom is -0.490 e. The SMILES string of the molecule is CC(C)(C)OC(=O)NC1CCC(Oc2ccc(Oc3ccc(CC(=O)Nc4ccccc4C(=O)O)cc3)cc2)CC1. The number of carbonyl (C=O) groups is 3. The zero-order valence-electron chi connectivity index (χ0n) is 23.5. The van der Waals surface area contributed by atoms with Gasteiger partial charge < -0.3 is 30.0 Å². The molecule has 9 nitrogen and oxygen atoms in total. The number of hydrogen-bond donors (Lipinski definition) is 3. The van der Waals surface area contributed by atoms with Crippen LogP contribution in [0.4, 0.5) is 10.5 Å². The molecule has 3 aromatic rings. The van der Waals surface area contributed by atoms with Crippen LogP contribution in [0.15, 0.2) is 72.8 Å². The maximum absolute atomic E-state index is 12.4. The van der Waals surface area contributed by atoms with Gasteiger partial charge in [-0.2, -0.15) is 0 Å². The largest absolute Gasteiger partial charge is 0.490 e. The Hall–Kier alpha value is -4.53. The number of aromatic carboxylic acids is 1. The lowest BCUT2D eigenvalue weighted by molar-refractivity contribution is -0.115. The number of amides is 2. The van der Waals surface area contributed by atoms with Crippen molar-refractivity contribution in [2.75, 3.05) is 5.32 Å². The van der Waals surface area contributed by atoms with Crippen molar-refractivity contribution >= 4 is 23.7 Å². The Kier molecular flexibility index (Phi) is 9.49. The molecule has 3 N–H and O–H groups in total. The van der Waals surface area contributed by atoms with Crippen LogP contribution in [-0.4, -0.2) is 40.8 Å². The second-order valence-electron chi connectivity index (χ2n) is 11.0. The molecule has 1 fully saturated rings. The van der Waals surface area contributed by atoms with E-state index in [2.05, 4.69) is 10.6 Å². The van der Waals surface area contributed by atoms with E-state index in [1.807, 2.05) is 45.0 Å². The summed E-state index contributed by atoms with van der Waals surface area (Å²) in [5.41, 5.74) is 0.560. The van der Waals surface area contributed by atoms with Crippen LogP contribution in [0.25, 0.3) is 0 Å². The Morgan fingerprint density at radius 2 is 1.41 bits per heavy atom. The fourth-order valence-electron chi connectivity index (χ4n) is 4.55. The standard InChI is InChI=1S/C32H36N2O7/c1-32(2,3)41-31(38)33-22-10-14-24(15-11-22)40-26-18-16-25(17-19-26)39-23-12-8-21(9-13-23)20-29(35)34-28-7-5-4-6-27(28)30(36)37/h4-9,12-13,16-19,22,24H,10-11,14-15,20H2,1-3H3,(H,33,38)(H,34,35)(H,36,37). The van der Waals surface area contributed by atoms with E-state index < -0.39 is 11.6 Å². The molecule has 1 aliphatic rings. The Morgan fingerprint density at radius 1 is 0.829 bits per heavy atom. The van der Waals surface area contributed by atoms with Gasteiger partial charge in [0.1, 0.15) is 22.8 Å². The number of benzene rings is 3. The summed E-state index contributed by atoms with van der Waals surface area (Å²) in [5, 5.41) is 14.9. The number of nitrogens with one attached hydrogen (secondary N) is 2. The highest BCUT2D eigenvalue weighted by Crippen LogP contribution is 2.28. The van der Waals surface area contributed by atoms with Gasteiger partial charge in [-0.1, -0.05) is 24.3 Å². The van der Waals surface area contributed by atoms with Crippen molar-refractivity contribution in [3.05, 3.63) is 83.9 Å². The van der Waals surface area contributed by atoms with Crippen LogP contribution in [0.1, 0.15) is 62.4 Å². The molecule has 0 spiro atoms. The summed E-state index contributed by atoms with van der Waals surface area (Å²) in [6, 6.07) is 20.9. The number of anilines is 1. The zero-order chi connectivity index (χ0) is 29.4. The lowest BCUT2D eigenvalue weighted by Gasteiger charge is -2.30. The maximum atomic E-state index is 12.4. The molecular weight excluding hydrogens is 524 g/mol. The van der Waals surface area contributed by atoms with E-state index in [1.54, 1.807) is 42.5 Å².